The van der Waals surface area contributed by atoms with Gasteiger partial charge >= 0.3 is 5.97 Å². The molecule has 0 saturated heterocycles. The van der Waals surface area contributed by atoms with Crippen molar-refractivity contribution in [3.8, 4) is 11.6 Å². The highest BCUT2D eigenvalue weighted by atomic mass is 35.5. The number of amides is 1. The molecule has 3 rings (SSSR count). The number of ether oxygens (including phenoxy) is 2. The molecule has 1 N–H and O–H groups in total. The van der Waals surface area contributed by atoms with E-state index in [1.165, 1.54) is 30.5 Å². The Morgan fingerprint density at radius 3 is 2.38 bits per heavy atom. The molecule has 0 saturated carbocycles. The number of benzene rings is 2. The van der Waals surface area contributed by atoms with Gasteiger partial charge in [0.05, 0.1) is 16.6 Å². The summed E-state index contributed by atoms with van der Waals surface area (Å²) in [5.41, 5.74) is 1.30. The third kappa shape index (κ3) is 6.54. The standard InChI is InChI=1S/C26H26ClFN2O4/c1-15-12-20(28)10-11-22(15)33-24-21(13-19(27)14-29-24)23(31)30-16(2)17-6-8-18(9-7-17)25(32)34-26(3,4)5/h6-14,16H,1-5H3,(H,30,31)/t16-/m0/s1. The number of carbonyl (C=O) groups is 2. The molecule has 178 valence electrons. The summed E-state index contributed by atoms with van der Waals surface area (Å²) in [6.07, 6.45) is 1.37. The molecule has 0 radical (unpaired) electrons. The first-order valence-electron chi connectivity index (χ1n) is 10.7. The van der Waals surface area contributed by atoms with Gasteiger partial charge in [-0.2, -0.15) is 0 Å². The summed E-state index contributed by atoms with van der Waals surface area (Å²) >= 11 is 6.07. The van der Waals surface area contributed by atoms with E-state index in [-0.39, 0.29) is 22.5 Å². The summed E-state index contributed by atoms with van der Waals surface area (Å²) in [7, 11) is 0. The molecule has 0 aliphatic rings. The predicted octanol–water partition coefficient (Wildman–Crippen LogP) is 6.42. The van der Waals surface area contributed by atoms with Crippen LogP contribution in [0.2, 0.25) is 5.02 Å². The molecule has 8 heteroatoms. The Kier molecular flexibility index (Phi) is 7.57. The summed E-state index contributed by atoms with van der Waals surface area (Å²) in [4.78, 5) is 29.4. The van der Waals surface area contributed by atoms with Gasteiger partial charge in [0.15, 0.2) is 0 Å². The van der Waals surface area contributed by atoms with Crippen LogP contribution in [-0.2, 0) is 4.74 Å². The van der Waals surface area contributed by atoms with Crippen LogP contribution in [0, 0.1) is 12.7 Å². The Morgan fingerprint density at radius 1 is 1.09 bits per heavy atom. The van der Waals surface area contributed by atoms with E-state index in [4.69, 9.17) is 21.1 Å². The second-order valence-corrected chi connectivity index (χ2v) is 9.27. The van der Waals surface area contributed by atoms with Gasteiger partial charge in [-0.1, -0.05) is 23.7 Å². The average molecular weight is 485 g/mol. The van der Waals surface area contributed by atoms with Crippen molar-refractivity contribution < 1.29 is 23.5 Å². The first-order valence-corrected chi connectivity index (χ1v) is 11.0. The number of pyridine rings is 1. The van der Waals surface area contributed by atoms with Gasteiger partial charge in [-0.25, -0.2) is 14.2 Å². The van der Waals surface area contributed by atoms with E-state index in [2.05, 4.69) is 10.3 Å². The van der Waals surface area contributed by atoms with Gasteiger partial charge in [0.2, 0.25) is 5.88 Å². The maximum Gasteiger partial charge on any atom is 0.338 e. The number of rotatable bonds is 6. The van der Waals surface area contributed by atoms with Crippen LogP contribution in [0.3, 0.4) is 0 Å². The molecule has 1 aromatic heterocycles. The zero-order chi connectivity index (χ0) is 25.0. The van der Waals surface area contributed by atoms with Crippen LogP contribution in [-0.4, -0.2) is 22.5 Å². The zero-order valence-electron chi connectivity index (χ0n) is 19.6. The van der Waals surface area contributed by atoms with E-state index in [9.17, 15) is 14.0 Å². The lowest BCUT2D eigenvalue weighted by Crippen LogP contribution is -2.27. The molecule has 0 fully saturated rings. The number of hydrogen-bond donors (Lipinski definition) is 1. The van der Waals surface area contributed by atoms with Crippen LogP contribution in [0.15, 0.2) is 54.7 Å². The minimum absolute atomic E-state index is 0.0454. The van der Waals surface area contributed by atoms with E-state index in [1.54, 1.807) is 52.0 Å². The van der Waals surface area contributed by atoms with Crippen LogP contribution < -0.4 is 10.1 Å². The van der Waals surface area contributed by atoms with Crippen LogP contribution >= 0.6 is 11.6 Å². The highest BCUT2D eigenvalue weighted by molar-refractivity contribution is 6.30. The minimum Gasteiger partial charge on any atom is -0.456 e. The summed E-state index contributed by atoms with van der Waals surface area (Å²) in [6.45, 7) is 8.91. The van der Waals surface area contributed by atoms with E-state index in [0.717, 1.165) is 5.56 Å². The van der Waals surface area contributed by atoms with Crippen LogP contribution in [0.25, 0.3) is 0 Å². The predicted molar refractivity (Wildman–Crippen MR) is 128 cm³/mol. The highest BCUT2D eigenvalue weighted by Crippen LogP contribution is 2.29. The van der Waals surface area contributed by atoms with Gasteiger partial charge in [-0.3, -0.25) is 4.79 Å². The molecular formula is C26H26ClFN2O4. The molecule has 1 heterocycles. The summed E-state index contributed by atoms with van der Waals surface area (Å²) < 4.78 is 24.6. The lowest BCUT2D eigenvalue weighted by molar-refractivity contribution is 0.00693. The molecular weight excluding hydrogens is 459 g/mol. The second-order valence-electron chi connectivity index (χ2n) is 8.84. The summed E-state index contributed by atoms with van der Waals surface area (Å²) in [5, 5.41) is 3.15. The lowest BCUT2D eigenvalue weighted by Gasteiger charge is -2.20. The Hall–Kier alpha value is -3.45. The van der Waals surface area contributed by atoms with Gasteiger partial charge in [0.25, 0.3) is 5.91 Å². The molecule has 0 bridgehead atoms. The summed E-state index contributed by atoms with van der Waals surface area (Å²) in [5.74, 6) is -0.842. The molecule has 1 atom stereocenters. The number of halogens is 2. The van der Waals surface area contributed by atoms with Crippen LogP contribution in [0.1, 0.15) is 65.6 Å². The molecule has 0 spiro atoms. The van der Waals surface area contributed by atoms with E-state index in [0.29, 0.717) is 16.9 Å². The third-order valence-corrected chi connectivity index (χ3v) is 5.01. The maximum atomic E-state index is 13.4. The third-order valence-electron chi connectivity index (χ3n) is 4.80. The van der Waals surface area contributed by atoms with Crippen LogP contribution in [0.5, 0.6) is 11.6 Å². The number of hydrogen-bond acceptors (Lipinski definition) is 5. The van der Waals surface area contributed by atoms with Gasteiger partial charge < -0.3 is 14.8 Å². The summed E-state index contributed by atoms with van der Waals surface area (Å²) in [6, 6.07) is 11.9. The Morgan fingerprint density at radius 2 is 1.76 bits per heavy atom. The molecule has 1 amide bonds. The molecule has 6 nitrogen and oxygen atoms in total. The van der Waals surface area contributed by atoms with Crippen molar-refractivity contribution in [2.24, 2.45) is 0 Å². The second kappa shape index (κ2) is 10.2. The number of nitrogens with zero attached hydrogens (tertiary/aromatic N) is 1. The van der Waals surface area contributed by atoms with Crippen molar-refractivity contribution in [3.63, 3.8) is 0 Å². The largest absolute Gasteiger partial charge is 0.456 e. The van der Waals surface area contributed by atoms with Crippen molar-refractivity contribution in [3.05, 3.63) is 87.8 Å². The van der Waals surface area contributed by atoms with Crippen molar-refractivity contribution in [2.45, 2.75) is 46.3 Å². The monoisotopic (exact) mass is 484 g/mol. The lowest BCUT2D eigenvalue weighted by atomic mass is 10.1. The van der Waals surface area contributed by atoms with Gasteiger partial charge in [-0.15, -0.1) is 0 Å². The van der Waals surface area contributed by atoms with Crippen molar-refractivity contribution in [2.75, 3.05) is 0 Å². The number of nitrogens with one attached hydrogen (secondary N) is 1. The van der Waals surface area contributed by atoms with E-state index >= 15 is 0 Å². The fourth-order valence-electron chi connectivity index (χ4n) is 3.10. The van der Waals surface area contributed by atoms with Crippen molar-refractivity contribution in [1.82, 2.24) is 10.3 Å². The number of carbonyl (C=O) groups excluding carboxylic acids is 2. The first-order chi connectivity index (χ1) is 15.9. The highest BCUT2D eigenvalue weighted by Gasteiger charge is 2.21. The topological polar surface area (TPSA) is 77.5 Å². The zero-order valence-corrected chi connectivity index (χ0v) is 20.4. The average Bonchev–Trinajstić information content (AvgIpc) is 2.75. The van der Waals surface area contributed by atoms with Crippen molar-refractivity contribution in [1.29, 1.82) is 0 Å². The Bertz CT molecular complexity index is 1210. The normalized spacial score (nSPS) is 12.1. The molecule has 0 aliphatic carbocycles. The fourth-order valence-corrected chi connectivity index (χ4v) is 3.26. The van der Waals surface area contributed by atoms with Crippen molar-refractivity contribution >= 4 is 23.5 Å². The van der Waals surface area contributed by atoms with Gasteiger partial charge in [0, 0.05) is 6.20 Å². The van der Waals surface area contributed by atoms with E-state index < -0.39 is 23.3 Å². The fraction of sp³-hybridized carbons (Fsp3) is 0.269. The SMILES string of the molecule is Cc1cc(F)ccc1Oc1ncc(Cl)cc1C(=O)N[C@@H](C)c1ccc(C(=O)OC(C)(C)C)cc1. The van der Waals surface area contributed by atoms with Crippen LogP contribution in [0.4, 0.5) is 4.39 Å². The molecule has 0 aliphatic heterocycles. The quantitative estimate of drug-likeness (QED) is 0.408. The minimum atomic E-state index is -0.589. The van der Waals surface area contributed by atoms with E-state index in [1.807, 2.05) is 6.92 Å². The molecule has 2 aromatic carbocycles. The smallest absolute Gasteiger partial charge is 0.338 e. The number of aryl methyl sites for hydroxylation is 1. The van der Waals surface area contributed by atoms with Gasteiger partial charge in [-0.05, 0) is 82.1 Å². The number of esters is 1. The molecule has 0 unspecified atom stereocenters. The molecule has 3 aromatic rings. The number of aromatic nitrogens is 1. The first kappa shape index (κ1) is 25.2. The Labute approximate surface area is 203 Å². The molecule has 34 heavy (non-hydrogen) atoms. The Balaban J connectivity index is 1.76. The van der Waals surface area contributed by atoms with Gasteiger partial charge in [0.1, 0.15) is 22.7 Å². The maximum absolute atomic E-state index is 13.4.